The standard InChI is InChI=1S/C22H24ClF2NO5S/c1-14(13-31-22(28)26-10-8-17(27)9-11-26)21(19-12-16(24)4-7-20(19)25)32(29,30)18-5-2-15(23)3-6-18/h2-7,12,14,17,21,27H,8-11,13H2,1H3/t14-,21+/m1/s1. The lowest BCUT2D eigenvalue weighted by Crippen LogP contribution is -2.41. The number of aliphatic hydroxyl groups excluding tert-OH is 1. The first-order chi connectivity index (χ1) is 15.1. The van der Waals surface area contributed by atoms with Crippen LogP contribution in [-0.2, 0) is 14.6 Å². The number of benzene rings is 2. The fourth-order valence-corrected chi connectivity index (χ4v) is 5.85. The zero-order valence-corrected chi connectivity index (χ0v) is 19.0. The Kier molecular flexibility index (Phi) is 7.74. The zero-order valence-electron chi connectivity index (χ0n) is 17.4. The molecule has 0 bridgehead atoms. The maximum Gasteiger partial charge on any atom is 0.409 e. The van der Waals surface area contributed by atoms with E-state index in [9.17, 15) is 27.1 Å². The maximum atomic E-state index is 14.6. The van der Waals surface area contributed by atoms with Gasteiger partial charge in [0.2, 0.25) is 0 Å². The molecule has 174 valence electrons. The second-order valence-electron chi connectivity index (χ2n) is 7.86. The van der Waals surface area contributed by atoms with Crippen molar-refractivity contribution in [3.05, 3.63) is 64.7 Å². The van der Waals surface area contributed by atoms with Crippen LogP contribution in [0, 0.1) is 17.6 Å². The van der Waals surface area contributed by atoms with Crippen LogP contribution in [0.4, 0.5) is 13.6 Å². The average molecular weight is 488 g/mol. The molecule has 1 aliphatic rings. The molecule has 6 nitrogen and oxygen atoms in total. The highest BCUT2D eigenvalue weighted by Crippen LogP contribution is 2.37. The molecule has 0 aromatic heterocycles. The molecule has 1 fully saturated rings. The van der Waals surface area contributed by atoms with Gasteiger partial charge in [-0.3, -0.25) is 0 Å². The van der Waals surface area contributed by atoms with Gasteiger partial charge in [0.05, 0.1) is 22.9 Å². The lowest BCUT2D eigenvalue weighted by molar-refractivity contribution is 0.0529. The minimum Gasteiger partial charge on any atom is -0.449 e. The van der Waals surface area contributed by atoms with E-state index in [1.54, 1.807) is 0 Å². The normalized spacial score (nSPS) is 17.1. The summed E-state index contributed by atoms with van der Waals surface area (Å²) < 4.78 is 60.7. The molecular weight excluding hydrogens is 464 g/mol. The summed E-state index contributed by atoms with van der Waals surface area (Å²) in [7, 11) is -4.19. The number of halogens is 3. The number of aliphatic hydroxyl groups is 1. The molecule has 1 aliphatic heterocycles. The number of piperidine rings is 1. The van der Waals surface area contributed by atoms with Gasteiger partial charge in [-0.05, 0) is 55.3 Å². The van der Waals surface area contributed by atoms with Crippen molar-refractivity contribution < 1.29 is 31.8 Å². The first-order valence-electron chi connectivity index (χ1n) is 10.1. The number of rotatable bonds is 6. The Balaban J connectivity index is 1.87. The van der Waals surface area contributed by atoms with Gasteiger partial charge in [0, 0.05) is 29.6 Å². The number of carbonyl (C=O) groups excluding carboxylic acids is 1. The smallest absolute Gasteiger partial charge is 0.409 e. The third-order valence-electron chi connectivity index (χ3n) is 5.45. The van der Waals surface area contributed by atoms with Crippen molar-refractivity contribution in [2.75, 3.05) is 19.7 Å². The van der Waals surface area contributed by atoms with Gasteiger partial charge in [0.15, 0.2) is 9.84 Å². The molecular formula is C22H24ClF2NO5S. The van der Waals surface area contributed by atoms with E-state index in [-0.39, 0.29) is 17.1 Å². The van der Waals surface area contributed by atoms with Crippen molar-refractivity contribution in [2.24, 2.45) is 5.92 Å². The summed E-state index contributed by atoms with van der Waals surface area (Å²) in [6, 6.07) is 7.98. The van der Waals surface area contributed by atoms with Gasteiger partial charge in [0.1, 0.15) is 11.6 Å². The summed E-state index contributed by atoms with van der Waals surface area (Å²) in [5, 5.41) is 8.39. The largest absolute Gasteiger partial charge is 0.449 e. The zero-order chi connectivity index (χ0) is 23.5. The van der Waals surface area contributed by atoms with Crippen LogP contribution in [0.15, 0.2) is 47.4 Å². The summed E-state index contributed by atoms with van der Waals surface area (Å²) in [5.41, 5.74) is -0.343. The van der Waals surface area contributed by atoms with Crippen molar-refractivity contribution in [3.63, 3.8) is 0 Å². The van der Waals surface area contributed by atoms with E-state index in [0.29, 0.717) is 31.0 Å². The number of hydrogen-bond donors (Lipinski definition) is 1. The first kappa shape index (κ1) is 24.4. The summed E-state index contributed by atoms with van der Waals surface area (Å²) in [4.78, 5) is 13.7. The molecule has 2 aromatic rings. The number of amides is 1. The predicted molar refractivity (Wildman–Crippen MR) is 115 cm³/mol. The molecule has 1 N–H and O–H groups in total. The number of nitrogens with zero attached hydrogens (tertiary/aromatic N) is 1. The van der Waals surface area contributed by atoms with Crippen molar-refractivity contribution in [1.29, 1.82) is 0 Å². The van der Waals surface area contributed by atoms with Gasteiger partial charge in [-0.2, -0.15) is 0 Å². The number of sulfone groups is 1. The van der Waals surface area contributed by atoms with E-state index in [1.807, 2.05) is 0 Å². The Bertz CT molecular complexity index is 1060. The molecule has 1 amide bonds. The average Bonchev–Trinajstić information content (AvgIpc) is 2.75. The molecule has 1 saturated heterocycles. The van der Waals surface area contributed by atoms with E-state index in [1.165, 1.54) is 36.1 Å². The summed E-state index contributed by atoms with van der Waals surface area (Å²) in [5.74, 6) is -2.56. The number of ether oxygens (including phenoxy) is 1. The molecule has 32 heavy (non-hydrogen) atoms. The van der Waals surface area contributed by atoms with Gasteiger partial charge in [-0.25, -0.2) is 22.0 Å². The van der Waals surface area contributed by atoms with Crippen LogP contribution in [0.1, 0.15) is 30.6 Å². The molecule has 0 radical (unpaired) electrons. The molecule has 0 aliphatic carbocycles. The lowest BCUT2D eigenvalue weighted by Gasteiger charge is -2.30. The fourth-order valence-electron chi connectivity index (χ4n) is 3.71. The molecule has 1 heterocycles. The Labute approximate surface area is 190 Å². The Hall–Kier alpha value is -2.23. The second-order valence-corrected chi connectivity index (χ2v) is 10.4. The maximum absolute atomic E-state index is 14.6. The van der Waals surface area contributed by atoms with E-state index >= 15 is 0 Å². The molecule has 2 atom stereocenters. The van der Waals surface area contributed by atoms with Crippen LogP contribution >= 0.6 is 11.6 Å². The van der Waals surface area contributed by atoms with Crippen molar-refractivity contribution >= 4 is 27.5 Å². The van der Waals surface area contributed by atoms with E-state index in [4.69, 9.17) is 16.3 Å². The molecule has 10 heteroatoms. The van der Waals surface area contributed by atoms with Gasteiger partial charge in [-0.15, -0.1) is 0 Å². The van der Waals surface area contributed by atoms with E-state index in [0.717, 1.165) is 18.2 Å². The highest BCUT2D eigenvalue weighted by molar-refractivity contribution is 7.91. The first-order valence-corrected chi connectivity index (χ1v) is 12.1. The monoisotopic (exact) mass is 487 g/mol. The highest BCUT2D eigenvalue weighted by Gasteiger charge is 2.37. The number of likely N-dealkylation sites (tertiary alicyclic amines) is 1. The highest BCUT2D eigenvalue weighted by atomic mass is 35.5. The van der Waals surface area contributed by atoms with Crippen LogP contribution < -0.4 is 0 Å². The van der Waals surface area contributed by atoms with Crippen molar-refractivity contribution in [3.8, 4) is 0 Å². The summed E-state index contributed by atoms with van der Waals surface area (Å²) >= 11 is 5.85. The van der Waals surface area contributed by atoms with Gasteiger partial charge in [-0.1, -0.05) is 18.5 Å². The molecule has 2 aromatic carbocycles. The molecule has 0 saturated carbocycles. The van der Waals surface area contributed by atoms with Crippen LogP contribution in [0.25, 0.3) is 0 Å². The van der Waals surface area contributed by atoms with E-state index < -0.39 is 44.8 Å². The summed E-state index contributed by atoms with van der Waals surface area (Å²) in [6.07, 6.45) is -0.270. The number of carbonyl (C=O) groups is 1. The number of hydrogen-bond acceptors (Lipinski definition) is 5. The van der Waals surface area contributed by atoms with Crippen LogP contribution in [-0.4, -0.2) is 50.3 Å². The minimum atomic E-state index is -4.19. The fraction of sp³-hybridized carbons (Fsp3) is 0.409. The Morgan fingerprint density at radius 1 is 1.19 bits per heavy atom. The molecule has 0 spiro atoms. The van der Waals surface area contributed by atoms with Gasteiger partial charge < -0.3 is 14.7 Å². The SMILES string of the molecule is C[C@H](COC(=O)N1CCC(O)CC1)[C@@H](c1cc(F)ccc1F)S(=O)(=O)c1ccc(Cl)cc1. The topological polar surface area (TPSA) is 83.9 Å². The lowest BCUT2D eigenvalue weighted by atomic mass is 10.0. The van der Waals surface area contributed by atoms with Crippen LogP contribution in [0.3, 0.4) is 0 Å². The summed E-state index contributed by atoms with van der Waals surface area (Å²) in [6.45, 7) is 1.81. The van der Waals surface area contributed by atoms with E-state index in [2.05, 4.69) is 0 Å². The van der Waals surface area contributed by atoms with Crippen LogP contribution in [0.2, 0.25) is 5.02 Å². The predicted octanol–water partition coefficient (Wildman–Crippen LogP) is 4.36. The Morgan fingerprint density at radius 3 is 2.44 bits per heavy atom. The minimum absolute atomic E-state index is 0.112. The van der Waals surface area contributed by atoms with Crippen molar-refractivity contribution in [1.82, 2.24) is 4.90 Å². The third-order valence-corrected chi connectivity index (χ3v) is 8.02. The van der Waals surface area contributed by atoms with Gasteiger partial charge >= 0.3 is 6.09 Å². The Morgan fingerprint density at radius 2 is 1.81 bits per heavy atom. The molecule has 0 unspecified atom stereocenters. The van der Waals surface area contributed by atoms with Crippen LogP contribution in [0.5, 0.6) is 0 Å². The quantitative estimate of drug-likeness (QED) is 0.654. The van der Waals surface area contributed by atoms with Crippen molar-refractivity contribution in [2.45, 2.75) is 36.0 Å². The molecule has 3 rings (SSSR count). The third kappa shape index (κ3) is 5.57. The van der Waals surface area contributed by atoms with Gasteiger partial charge in [0.25, 0.3) is 0 Å². The second kappa shape index (κ2) is 10.1.